The number of hydrogen-bond donors (Lipinski definition) is 0. The summed E-state index contributed by atoms with van der Waals surface area (Å²) in [4.78, 5) is 22.6. The van der Waals surface area contributed by atoms with E-state index in [1.165, 1.54) is 48.2 Å². The maximum Gasteiger partial charge on any atom is 0.284 e. The molecule has 2 aromatic rings. The molecular weight excluding hydrogens is 334 g/mol. The van der Waals surface area contributed by atoms with Crippen molar-refractivity contribution in [3.63, 3.8) is 0 Å². The smallest absolute Gasteiger partial charge is 0.284 e. The van der Waals surface area contributed by atoms with Gasteiger partial charge in [0.05, 0.1) is 10.6 Å². The highest BCUT2D eigenvalue weighted by molar-refractivity contribution is 5.80. The fraction of sp³-hybridized carbons (Fsp3) is 0.474. The highest BCUT2D eigenvalue weighted by Gasteiger charge is 2.17. The van der Waals surface area contributed by atoms with Crippen LogP contribution in [-0.2, 0) is 6.42 Å². The monoisotopic (exact) mass is 359 g/mol. The Morgan fingerprint density at radius 1 is 1.19 bits per heavy atom. The van der Waals surface area contributed by atoms with Gasteiger partial charge in [0, 0.05) is 17.8 Å². The predicted molar refractivity (Wildman–Crippen MR) is 98.8 cm³/mol. The first-order valence-corrected chi connectivity index (χ1v) is 8.89. The van der Waals surface area contributed by atoms with Crippen LogP contribution in [0.25, 0.3) is 0 Å². The molecule has 0 N–H and O–H groups in total. The second-order valence-corrected chi connectivity index (χ2v) is 6.31. The van der Waals surface area contributed by atoms with Gasteiger partial charge in [0.2, 0.25) is 0 Å². The van der Waals surface area contributed by atoms with Crippen LogP contribution in [0, 0.1) is 24.0 Å². The number of rotatable bonds is 9. The molecule has 0 fully saturated rings. The number of aryl methyl sites for hydroxylation is 1. The lowest BCUT2D eigenvalue weighted by molar-refractivity contribution is -0.384. The number of nitrogens with zero attached hydrogens (tertiary/aromatic N) is 3. The average Bonchev–Trinajstić information content (AvgIpc) is 2.91. The van der Waals surface area contributed by atoms with Gasteiger partial charge in [-0.25, -0.2) is 4.68 Å². The van der Waals surface area contributed by atoms with Crippen molar-refractivity contribution in [1.82, 2.24) is 9.78 Å². The van der Waals surface area contributed by atoms with Gasteiger partial charge >= 0.3 is 0 Å². The molecule has 7 nitrogen and oxygen atoms in total. The maximum absolute atomic E-state index is 12.4. The van der Waals surface area contributed by atoms with E-state index in [0.29, 0.717) is 5.75 Å². The van der Waals surface area contributed by atoms with Crippen LogP contribution < -0.4 is 4.74 Å². The molecule has 0 saturated carbocycles. The van der Waals surface area contributed by atoms with E-state index >= 15 is 0 Å². The fourth-order valence-corrected chi connectivity index (χ4v) is 2.88. The molecule has 1 aromatic carbocycles. The number of carbonyl (C=O) groups excluding carboxylic acids is 1. The van der Waals surface area contributed by atoms with Gasteiger partial charge < -0.3 is 4.74 Å². The van der Waals surface area contributed by atoms with Gasteiger partial charge in [-0.05, 0) is 44.4 Å². The minimum Gasteiger partial charge on any atom is -0.484 e. The lowest BCUT2D eigenvalue weighted by atomic mass is 10.0. The third kappa shape index (κ3) is 4.91. The van der Waals surface area contributed by atoms with E-state index in [2.05, 4.69) is 12.0 Å². The summed E-state index contributed by atoms with van der Waals surface area (Å²) in [5.41, 5.74) is 2.85. The summed E-state index contributed by atoms with van der Waals surface area (Å²) in [5, 5.41) is 15.0. The molecule has 0 amide bonds. The average molecular weight is 359 g/mol. The number of benzene rings is 1. The van der Waals surface area contributed by atoms with Crippen LogP contribution in [0.2, 0.25) is 0 Å². The minimum atomic E-state index is -0.479. The summed E-state index contributed by atoms with van der Waals surface area (Å²) in [6.45, 7) is 5.83. The van der Waals surface area contributed by atoms with Crippen molar-refractivity contribution in [2.75, 3.05) is 6.61 Å². The Balaban J connectivity index is 1.97. The number of carbonyl (C=O) groups is 1. The SMILES string of the molecule is CCCCCCc1c(C)nn(C(=O)COc2ccc([N+](=O)[O-])cc2)c1C. The molecule has 0 bridgehead atoms. The van der Waals surface area contributed by atoms with Gasteiger partial charge in [0.1, 0.15) is 5.75 Å². The first-order chi connectivity index (χ1) is 12.4. The van der Waals surface area contributed by atoms with Crippen LogP contribution in [0.3, 0.4) is 0 Å². The van der Waals surface area contributed by atoms with E-state index in [4.69, 9.17) is 4.74 Å². The summed E-state index contributed by atoms with van der Waals surface area (Å²) in [7, 11) is 0. The third-order valence-corrected chi connectivity index (χ3v) is 4.37. The van der Waals surface area contributed by atoms with Gasteiger partial charge in [-0.1, -0.05) is 26.2 Å². The van der Waals surface area contributed by atoms with Crippen LogP contribution in [0.1, 0.15) is 54.4 Å². The van der Waals surface area contributed by atoms with Crippen molar-refractivity contribution in [1.29, 1.82) is 0 Å². The van der Waals surface area contributed by atoms with Crippen LogP contribution >= 0.6 is 0 Å². The molecule has 26 heavy (non-hydrogen) atoms. The van der Waals surface area contributed by atoms with Gasteiger partial charge in [0.25, 0.3) is 11.6 Å². The number of nitro groups is 1. The highest BCUT2D eigenvalue weighted by Crippen LogP contribution is 2.19. The summed E-state index contributed by atoms with van der Waals surface area (Å²) >= 11 is 0. The summed E-state index contributed by atoms with van der Waals surface area (Å²) in [6.07, 6.45) is 5.60. The largest absolute Gasteiger partial charge is 0.484 e. The van der Waals surface area contributed by atoms with Crippen LogP contribution in [-0.4, -0.2) is 27.2 Å². The third-order valence-electron chi connectivity index (χ3n) is 4.37. The van der Waals surface area contributed by atoms with Crippen molar-refractivity contribution in [2.45, 2.75) is 52.9 Å². The van der Waals surface area contributed by atoms with Crippen LogP contribution in [0.4, 0.5) is 5.69 Å². The van der Waals surface area contributed by atoms with E-state index in [9.17, 15) is 14.9 Å². The number of ether oxygens (including phenoxy) is 1. The van der Waals surface area contributed by atoms with E-state index in [1.807, 2.05) is 13.8 Å². The molecule has 1 aromatic heterocycles. The number of aromatic nitrogens is 2. The normalized spacial score (nSPS) is 10.7. The number of hydrogen-bond acceptors (Lipinski definition) is 5. The minimum absolute atomic E-state index is 0.0186. The van der Waals surface area contributed by atoms with Crippen molar-refractivity contribution < 1.29 is 14.5 Å². The Labute approximate surface area is 153 Å². The molecule has 0 aliphatic heterocycles. The first kappa shape index (κ1) is 19.6. The zero-order chi connectivity index (χ0) is 19.1. The maximum atomic E-state index is 12.4. The lowest BCUT2D eigenvalue weighted by Crippen LogP contribution is -2.21. The molecule has 0 atom stereocenters. The first-order valence-electron chi connectivity index (χ1n) is 8.89. The zero-order valence-corrected chi connectivity index (χ0v) is 15.5. The molecule has 0 aliphatic rings. The second kappa shape index (κ2) is 9.12. The molecule has 0 unspecified atom stereocenters. The van der Waals surface area contributed by atoms with E-state index in [0.717, 1.165) is 29.8 Å². The van der Waals surface area contributed by atoms with Gasteiger partial charge in [-0.2, -0.15) is 5.10 Å². The Hall–Kier alpha value is -2.70. The van der Waals surface area contributed by atoms with Crippen LogP contribution in [0.15, 0.2) is 24.3 Å². The Kier molecular flexibility index (Phi) is 6.89. The second-order valence-electron chi connectivity index (χ2n) is 6.31. The molecule has 0 saturated heterocycles. The summed E-state index contributed by atoms with van der Waals surface area (Å²) in [5.74, 6) is 0.147. The van der Waals surface area contributed by atoms with E-state index < -0.39 is 4.92 Å². The lowest BCUT2D eigenvalue weighted by Gasteiger charge is -2.07. The number of unbranched alkanes of at least 4 members (excludes halogenated alkanes) is 3. The quantitative estimate of drug-likeness (QED) is 0.379. The van der Waals surface area contributed by atoms with Gasteiger partial charge in [-0.15, -0.1) is 0 Å². The van der Waals surface area contributed by atoms with Crippen molar-refractivity contribution in [3.05, 3.63) is 51.3 Å². The molecular formula is C19H25N3O4. The Morgan fingerprint density at radius 2 is 1.88 bits per heavy atom. The fourth-order valence-electron chi connectivity index (χ4n) is 2.88. The number of nitro benzene ring substituents is 1. The zero-order valence-electron chi connectivity index (χ0n) is 15.5. The van der Waals surface area contributed by atoms with Gasteiger partial charge in [-0.3, -0.25) is 14.9 Å². The molecule has 0 spiro atoms. The molecule has 1 heterocycles. The standard InChI is InChI=1S/C19H25N3O4/c1-4-5-6-7-8-18-14(2)20-21(15(18)3)19(23)13-26-17-11-9-16(10-12-17)22(24)25/h9-12H,4-8,13H2,1-3H3. The van der Waals surface area contributed by atoms with E-state index in [1.54, 1.807) is 0 Å². The van der Waals surface area contributed by atoms with Crippen molar-refractivity contribution in [3.8, 4) is 5.75 Å². The van der Waals surface area contributed by atoms with Crippen LogP contribution in [0.5, 0.6) is 5.75 Å². The predicted octanol–water partition coefficient (Wildman–Crippen LogP) is 4.25. The number of non-ortho nitro benzene ring substituents is 1. The topological polar surface area (TPSA) is 87.3 Å². The van der Waals surface area contributed by atoms with Crippen molar-refractivity contribution >= 4 is 11.6 Å². The van der Waals surface area contributed by atoms with Crippen molar-refractivity contribution in [2.24, 2.45) is 0 Å². The highest BCUT2D eigenvalue weighted by atomic mass is 16.6. The van der Waals surface area contributed by atoms with Gasteiger partial charge in [0.15, 0.2) is 6.61 Å². The Bertz CT molecular complexity index is 766. The summed E-state index contributed by atoms with van der Waals surface area (Å²) < 4.78 is 6.84. The molecule has 7 heteroatoms. The molecule has 0 aliphatic carbocycles. The van der Waals surface area contributed by atoms with E-state index in [-0.39, 0.29) is 18.2 Å². The summed E-state index contributed by atoms with van der Waals surface area (Å²) in [6, 6.07) is 5.65. The Morgan fingerprint density at radius 3 is 2.50 bits per heavy atom. The molecule has 140 valence electrons. The molecule has 2 rings (SSSR count). The molecule has 0 radical (unpaired) electrons.